The van der Waals surface area contributed by atoms with Crippen LogP contribution in [0.4, 0.5) is 8.78 Å². The molecule has 0 radical (unpaired) electrons. The Morgan fingerprint density at radius 3 is 2.59 bits per heavy atom. The summed E-state index contributed by atoms with van der Waals surface area (Å²) < 4.78 is 27.6. The van der Waals surface area contributed by atoms with Gasteiger partial charge in [0.15, 0.2) is 16.8 Å². The molecule has 2 rings (SSSR count). The molecule has 2 aromatic rings. The summed E-state index contributed by atoms with van der Waals surface area (Å²) in [5, 5.41) is 0.221. The van der Waals surface area contributed by atoms with E-state index >= 15 is 0 Å². The van der Waals surface area contributed by atoms with Gasteiger partial charge < -0.3 is 10.3 Å². The first-order valence-corrected chi connectivity index (χ1v) is 5.29. The molecule has 0 unspecified atom stereocenters. The Kier molecular flexibility index (Phi) is 3.13. The molecule has 0 bridgehead atoms. The van der Waals surface area contributed by atoms with E-state index in [1.54, 1.807) is 11.6 Å². The Balaban J connectivity index is 2.60. The van der Waals surface area contributed by atoms with Gasteiger partial charge in [-0.2, -0.15) is 0 Å². The van der Waals surface area contributed by atoms with Crippen molar-refractivity contribution in [1.29, 1.82) is 0 Å². The van der Waals surface area contributed by atoms with Gasteiger partial charge in [0, 0.05) is 12.6 Å². The predicted octanol–water partition coefficient (Wildman–Crippen LogP) is 2.48. The van der Waals surface area contributed by atoms with Crippen molar-refractivity contribution < 1.29 is 8.78 Å². The third-order valence-electron chi connectivity index (χ3n) is 2.52. The molecule has 0 amide bonds. The number of nitrogens with two attached hydrogens (primary N) is 1. The van der Waals surface area contributed by atoms with Crippen molar-refractivity contribution in [2.75, 3.05) is 0 Å². The minimum atomic E-state index is -0.922. The Bertz CT molecular complexity index is 566. The van der Waals surface area contributed by atoms with E-state index in [9.17, 15) is 8.78 Å². The molecule has 0 fully saturated rings. The smallest absolute Gasteiger partial charge is 0.159 e. The van der Waals surface area contributed by atoms with Crippen LogP contribution in [0.15, 0.2) is 18.2 Å². The van der Waals surface area contributed by atoms with Crippen molar-refractivity contribution in [3.8, 4) is 11.3 Å². The van der Waals surface area contributed by atoms with Gasteiger partial charge in [0.05, 0.1) is 12.2 Å². The van der Waals surface area contributed by atoms with Gasteiger partial charge in [0.2, 0.25) is 0 Å². The van der Waals surface area contributed by atoms with E-state index in [0.717, 1.165) is 12.1 Å². The molecule has 0 atom stereocenters. The first-order valence-electron chi connectivity index (χ1n) is 4.91. The van der Waals surface area contributed by atoms with Crippen molar-refractivity contribution in [2.45, 2.75) is 6.54 Å². The highest BCUT2D eigenvalue weighted by Gasteiger charge is 2.15. The van der Waals surface area contributed by atoms with E-state index < -0.39 is 11.6 Å². The number of hydrogen-bond donors (Lipinski definition) is 1. The van der Waals surface area contributed by atoms with Crippen LogP contribution in [0.25, 0.3) is 11.3 Å². The summed E-state index contributed by atoms with van der Waals surface area (Å²) in [7, 11) is 1.72. The highest BCUT2D eigenvalue weighted by Crippen LogP contribution is 2.28. The fraction of sp³-hybridized carbons (Fsp3) is 0.182. The molecule has 90 valence electrons. The van der Waals surface area contributed by atoms with Gasteiger partial charge in [0.1, 0.15) is 5.82 Å². The average molecular weight is 258 g/mol. The molecule has 0 spiro atoms. The SMILES string of the molecule is Cn1c(CN)nc(Cl)c1-c1ccc(F)c(F)c1. The summed E-state index contributed by atoms with van der Waals surface area (Å²) in [4.78, 5) is 4.04. The fourth-order valence-corrected chi connectivity index (χ4v) is 1.98. The Morgan fingerprint density at radius 1 is 1.35 bits per heavy atom. The molecule has 0 saturated heterocycles. The number of benzene rings is 1. The molecular weight excluding hydrogens is 248 g/mol. The Morgan fingerprint density at radius 2 is 2.06 bits per heavy atom. The fourth-order valence-electron chi connectivity index (χ4n) is 1.65. The number of rotatable bonds is 2. The summed E-state index contributed by atoms with van der Waals surface area (Å²) >= 11 is 5.95. The molecule has 17 heavy (non-hydrogen) atoms. The minimum absolute atomic E-state index is 0.221. The normalized spacial score (nSPS) is 10.9. The maximum atomic E-state index is 13.1. The third kappa shape index (κ3) is 2.03. The van der Waals surface area contributed by atoms with E-state index in [4.69, 9.17) is 17.3 Å². The van der Waals surface area contributed by atoms with Gasteiger partial charge >= 0.3 is 0 Å². The zero-order chi connectivity index (χ0) is 12.6. The Hall–Kier alpha value is -1.46. The molecule has 1 heterocycles. The van der Waals surface area contributed by atoms with Crippen LogP contribution in [-0.4, -0.2) is 9.55 Å². The number of imidazole rings is 1. The van der Waals surface area contributed by atoms with Crippen molar-refractivity contribution in [3.05, 3.63) is 40.8 Å². The van der Waals surface area contributed by atoms with Gasteiger partial charge in [0.25, 0.3) is 0 Å². The van der Waals surface area contributed by atoms with E-state index in [1.165, 1.54) is 6.07 Å². The van der Waals surface area contributed by atoms with Gasteiger partial charge in [-0.15, -0.1) is 0 Å². The lowest BCUT2D eigenvalue weighted by Gasteiger charge is -2.05. The summed E-state index contributed by atoms with van der Waals surface area (Å²) in [6.45, 7) is 0.222. The molecule has 3 nitrogen and oxygen atoms in total. The molecular formula is C11H10ClF2N3. The standard InChI is InChI=1S/C11H10ClF2N3/c1-17-9(5-15)16-11(12)10(17)6-2-3-7(13)8(14)4-6/h2-4H,5,15H2,1H3. The summed E-state index contributed by atoms with van der Waals surface area (Å²) in [5.41, 5.74) is 6.47. The van der Waals surface area contributed by atoms with Crippen LogP contribution in [0.5, 0.6) is 0 Å². The summed E-state index contributed by atoms with van der Waals surface area (Å²) in [6.07, 6.45) is 0. The first-order chi connectivity index (χ1) is 8.04. The van der Waals surface area contributed by atoms with Crippen LogP contribution >= 0.6 is 11.6 Å². The van der Waals surface area contributed by atoms with Crippen LogP contribution in [0.2, 0.25) is 5.15 Å². The molecule has 6 heteroatoms. The van der Waals surface area contributed by atoms with Crippen LogP contribution < -0.4 is 5.73 Å². The molecule has 1 aromatic heterocycles. The Labute approximate surface area is 102 Å². The zero-order valence-electron chi connectivity index (χ0n) is 9.04. The van der Waals surface area contributed by atoms with E-state index in [-0.39, 0.29) is 11.7 Å². The van der Waals surface area contributed by atoms with Gasteiger partial charge in [-0.05, 0) is 18.2 Å². The molecule has 0 aliphatic rings. The van der Waals surface area contributed by atoms with Crippen LogP contribution in [0.1, 0.15) is 5.82 Å². The molecule has 0 aliphatic carbocycles. The molecule has 1 aromatic carbocycles. The second-order valence-corrected chi connectivity index (χ2v) is 3.92. The zero-order valence-corrected chi connectivity index (χ0v) is 9.80. The number of nitrogens with zero attached hydrogens (tertiary/aromatic N) is 2. The van der Waals surface area contributed by atoms with Gasteiger partial charge in [-0.3, -0.25) is 0 Å². The lowest BCUT2D eigenvalue weighted by Crippen LogP contribution is -2.05. The second kappa shape index (κ2) is 4.43. The quantitative estimate of drug-likeness (QED) is 0.898. The lowest BCUT2D eigenvalue weighted by molar-refractivity contribution is 0.509. The van der Waals surface area contributed by atoms with Crippen molar-refractivity contribution in [3.63, 3.8) is 0 Å². The number of hydrogen-bond acceptors (Lipinski definition) is 2. The number of halogens is 3. The largest absolute Gasteiger partial charge is 0.329 e. The van der Waals surface area contributed by atoms with Crippen LogP contribution in [0.3, 0.4) is 0 Å². The van der Waals surface area contributed by atoms with Crippen molar-refractivity contribution in [1.82, 2.24) is 9.55 Å². The topological polar surface area (TPSA) is 43.8 Å². The lowest BCUT2D eigenvalue weighted by atomic mass is 10.1. The van der Waals surface area contributed by atoms with Crippen molar-refractivity contribution in [2.24, 2.45) is 12.8 Å². The summed E-state index contributed by atoms with van der Waals surface area (Å²) in [6, 6.07) is 3.58. The molecule has 2 N–H and O–H groups in total. The van der Waals surface area contributed by atoms with Crippen LogP contribution in [-0.2, 0) is 13.6 Å². The third-order valence-corrected chi connectivity index (χ3v) is 2.78. The van der Waals surface area contributed by atoms with Crippen LogP contribution in [0, 0.1) is 11.6 Å². The maximum Gasteiger partial charge on any atom is 0.159 e. The second-order valence-electron chi connectivity index (χ2n) is 3.56. The predicted molar refractivity (Wildman–Crippen MR) is 61.5 cm³/mol. The number of aromatic nitrogens is 2. The van der Waals surface area contributed by atoms with E-state index in [0.29, 0.717) is 17.1 Å². The summed E-state index contributed by atoms with van der Waals surface area (Å²) in [5.74, 6) is -1.24. The van der Waals surface area contributed by atoms with Gasteiger partial charge in [-0.1, -0.05) is 11.6 Å². The van der Waals surface area contributed by atoms with E-state index in [2.05, 4.69) is 4.98 Å². The highest BCUT2D eigenvalue weighted by molar-refractivity contribution is 6.32. The van der Waals surface area contributed by atoms with Crippen molar-refractivity contribution >= 4 is 11.6 Å². The monoisotopic (exact) mass is 257 g/mol. The maximum absolute atomic E-state index is 13.1. The molecule has 0 aliphatic heterocycles. The minimum Gasteiger partial charge on any atom is -0.329 e. The average Bonchev–Trinajstić information content (AvgIpc) is 2.58. The highest BCUT2D eigenvalue weighted by atomic mass is 35.5. The van der Waals surface area contributed by atoms with Gasteiger partial charge in [-0.25, -0.2) is 13.8 Å². The molecule has 0 saturated carbocycles. The first kappa shape index (κ1) is 12.0. The van der Waals surface area contributed by atoms with E-state index in [1.807, 2.05) is 0 Å².